The predicted octanol–water partition coefficient (Wildman–Crippen LogP) is 0.887. The molecule has 2 aromatic rings. The van der Waals surface area contributed by atoms with Crippen LogP contribution >= 0.6 is 12.2 Å². The molecule has 0 amide bonds. The Labute approximate surface area is 102 Å². The van der Waals surface area contributed by atoms with Gasteiger partial charge in [0.1, 0.15) is 5.69 Å². The number of rotatable bonds is 2. The Morgan fingerprint density at radius 2 is 2.41 bits per heavy atom. The van der Waals surface area contributed by atoms with E-state index in [2.05, 4.69) is 20.3 Å². The first-order valence-corrected chi connectivity index (χ1v) is 5.22. The first-order chi connectivity index (χ1) is 8.18. The van der Waals surface area contributed by atoms with Gasteiger partial charge >= 0.3 is 0 Å². The average molecular weight is 247 g/mol. The minimum atomic E-state index is -0.339. The van der Waals surface area contributed by atoms with E-state index in [1.54, 1.807) is 25.4 Å². The van der Waals surface area contributed by atoms with Crippen molar-refractivity contribution in [2.45, 2.75) is 6.92 Å². The smallest absolute Gasteiger partial charge is 0.265 e. The Kier molecular flexibility index (Phi) is 3.20. The zero-order valence-corrected chi connectivity index (χ0v) is 9.81. The first-order valence-electron chi connectivity index (χ1n) is 4.81. The van der Waals surface area contributed by atoms with Crippen LogP contribution in [0.4, 0.5) is 0 Å². The molecule has 0 aromatic carbocycles. The summed E-state index contributed by atoms with van der Waals surface area (Å²) in [4.78, 5) is 15.6. The summed E-state index contributed by atoms with van der Waals surface area (Å²) in [7, 11) is 0. The van der Waals surface area contributed by atoms with Crippen LogP contribution in [0.3, 0.4) is 0 Å². The Balaban J connectivity index is 2.44. The summed E-state index contributed by atoms with van der Waals surface area (Å²) in [6, 6.07) is 3.60. The molecule has 86 valence electrons. The lowest BCUT2D eigenvalue weighted by atomic mass is 10.3. The van der Waals surface area contributed by atoms with Crippen molar-refractivity contribution in [3.63, 3.8) is 0 Å². The first kappa shape index (κ1) is 11.3. The van der Waals surface area contributed by atoms with Crippen LogP contribution < -0.4 is 5.56 Å². The maximum atomic E-state index is 11.7. The van der Waals surface area contributed by atoms with Crippen LogP contribution in [0.25, 0.3) is 0 Å². The molecule has 0 atom stereocenters. The fourth-order valence-electron chi connectivity index (χ4n) is 1.15. The van der Waals surface area contributed by atoms with E-state index in [1.807, 2.05) is 6.07 Å². The number of nitrogens with zero attached hydrogens (tertiary/aromatic N) is 4. The van der Waals surface area contributed by atoms with Gasteiger partial charge in [-0.15, -0.1) is 0 Å². The third-order valence-corrected chi connectivity index (χ3v) is 2.28. The Bertz CT molecular complexity index is 658. The van der Waals surface area contributed by atoms with Gasteiger partial charge in [0, 0.05) is 18.0 Å². The molecule has 0 radical (unpaired) electrons. The molecule has 0 saturated carbocycles. The maximum Gasteiger partial charge on any atom is 0.296 e. The number of H-pyrrole nitrogens is 1. The fraction of sp³-hybridized carbons (Fsp3) is 0.100. The summed E-state index contributed by atoms with van der Waals surface area (Å²) in [6.45, 7) is 1.59. The van der Waals surface area contributed by atoms with Crippen LogP contribution in [-0.2, 0) is 0 Å². The van der Waals surface area contributed by atoms with Gasteiger partial charge in [0.25, 0.3) is 5.56 Å². The number of pyridine rings is 1. The predicted molar refractivity (Wildman–Crippen MR) is 65.6 cm³/mol. The van der Waals surface area contributed by atoms with Crippen LogP contribution in [-0.4, -0.2) is 26.1 Å². The molecular weight excluding hydrogens is 238 g/mol. The summed E-state index contributed by atoms with van der Waals surface area (Å²) < 4.78 is 1.24. The summed E-state index contributed by atoms with van der Waals surface area (Å²) in [6.07, 6.45) is 4.80. The summed E-state index contributed by atoms with van der Waals surface area (Å²) in [5.41, 5.74) is 0.749. The van der Waals surface area contributed by atoms with Gasteiger partial charge in [0.05, 0.1) is 6.21 Å². The highest BCUT2D eigenvalue weighted by molar-refractivity contribution is 7.71. The molecule has 0 unspecified atom stereocenters. The lowest BCUT2D eigenvalue weighted by Gasteiger charge is -1.98. The summed E-state index contributed by atoms with van der Waals surface area (Å²) in [5, 5.41) is 10.3. The van der Waals surface area contributed by atoms with Gasteiger partial charge in [-0.2, -0.15) is 14.9 Å². The van der Waals surface area contributed by atoms with Crippen molar-refractivity contribution in [3.8, 4) is 0 Å². The van der Waals surface area contributed by atoms with Crippen molar-refractivity contribution in [1.29, 1.82) is 0 Å². The van der Waals surface area contributed by atoms with Gasteiger partial charge in [-0.3, -0.25) is 14.9 Å². The number of hydrogen-bond donors (Lipinski definition) is 1. The maximum absolute atomic E-state index is 11.7. The molecule has 1 N–H and O–H groups in total. The lowest BCUT2D eigenvalue weighted by molar-refractivity contribution is 0.720. The van der Waals surface area contributed by atoms with Crippen molar-refractivity contribution >= 4 is 18.4 Å². The molecule has 0 saturated heterocycles. The Hall–Kier alpha value is -2.15. The van der Waals surface area contributed by atoms with E-state index in [1.165, 1.54) is 6.21 Å². The normalized spacial score (nSPS) is 10.9. The van der Waals surface area contributed by atoms with E-state index in [4.69, 9.17) is 12.2 Å². The van der Waals surface area contributed by atoms with Gasteiger partial charge in [-0.1, -0.05) is 6.07 Å². The third kappa shape index (κ3) is 2.51. The van der Waals surface area contributed by atoms with E-state index >= 15 is 0 Å². The van der Waals surface area contributed by atoms with Gasteiger partial charge < -0.3 is 0 Å². The van der Waals surface area contributed by atoms with E-state index in [0.29, 0.717) is 5.69 Å². The molecule has 2 aromatic heterocycles. The van der Waals surface area contributed by atoms with Crippen LogP contribution in [0.2, 0.25) is 0 Å². The molecular formula is C10H9N5OS. The van der Waals surface area contributed by atoms with Crippen molar-refractivity contribution in [1.82, 2.24) is 19.9 Å². The average Bonchev–Trinajstić information content (AvgIpc) is 2.35. The van der Waals surface area contributed by atoms with Crippen LogP contribution in [0.15, 0.2) is 34.4 Å². The van der Waals surface area contributed by atoms with Gasteiger partial charge in [0.2, 0.25) is 4.77 Å². The highest BCUT2D eigenvalue weighted by atomic mass is 32.1. The molecule has 2 rings (SSSR count). The van der Waals surface area contributed by atoms with E-state index in [9.17, 15) is 4.79 Å². The largest absolute Gasteiger partial charge is 0.296 e. The zero-order valence-electron chi connectivity index (χ0n) is 8.99. The van der Waals surface area contributed by atoms with Gasteiger partial charge in [-0.25, -0.2) is 0 Å². The van der Waals surface area contributed by atoms with E-state index in [-0.39, 0.29) is 10.3 Å². The van der Waals surface area contributed by atoms with Crippen LogP contribution in [0.5, 0.6) is 0 Å². The summed E-state index contributed by atoms with van der Waals surface area (Å²) in [5.74, 6) is 0. The molecule has 0 aliphatic rings. The molecule has 0 aliphatic carbocycles. The summed E-state index contributed by atoms with van der Waals surface area (Å²) >= 11 is 4.93. The van der Waals surface area contributed by atoms with E-state index in [0.717, 1.165) is 10.2 Å². The van der Waals surface area contributed by atoms with Crippen molar-refractivity contribution < 1.29 is 0 Å². The minimum Gasteiger partial charge on any atom is -0.265 e. The second-order valence-corrected chi connectivity index (χ2v) is 3.65. The molecule has 0 aliphatic heterocycles. The minimum absolute atomic E-state index is 0.153. The number of aromatic amines is 1. The zero-order chi connectivity index (χ0) is 12.3. The van der Waals surface area contributed by atoms with Crippen molar-refractivity contribution in [2.24, 2.45) is 5.10 Å². The highest BCUT2D eigenvalue weighted by Crippen LogP contribution is 1.91. The second-order valence-electron chi connectivity index (χ2n) is 3.26. The molecule has 2 heterocycles. The lowest BCUT2D eigenvalue weighted by Crippen LogP contribution is -2.22. The molecule has 7 heteroatoms. The third-order valence-electron chi connectivity index (χ3n) is 2.02. The standard InChI is InChI=1S/C10H9N5OS/c1-7-9(16)15(10(17)14-13-7)12-6-8-3-2-4-11-5-8/h2-6H,1H3,(H,14,17)/b12-6-. The van der Waals surface area contributed by atoms with E-state index < -0.39 is 0 Å². The topological polar surface area (TPSA) is 75.9 Å². The number of nitrogens with one attached hydrogen (secondary N) is 1. The Morgan fingerprint density at radius 3 is 3.12 bits per heavy atom. The molecule has 0 spiro atoms. The second kappa shape index (κ2) is 4.79. The molecule has 0 bridgehead atoms. The number of aryl methyl sites for hydroxylation is 1. The highest BCUT2D eigenvalue weighted by Gasteiger charge is 2.00. The SMILES string of the molecule is Cc1n[nH]c(=S)n(/N=C\c2cccnc2)c1=O. The van der Waals surface area contributed by atoms with Crippen molar-refractivity contribution in [2.75, 3.05) is 0 Å². The van der Waals surface area contributed by atoms with Crippen molar-refractivity contribution in [3.05, 3.63) is 50.9 Å². The van der Waals surface area contributed by atoms with Gasteiger partial charge in [-0.05, 0) is 25.2 Å². The van der Waals surface area contributed by atoms with Crippen LogP contribution in [0.1, 0.15) is 11.3 Å². The number of aromatic nitrogens is 4. The quantitative estimate of drug-likeness (QED) is 0.631. The fourth-order valence-corrected chi connectivity index (χ4v) is 1.33. The monoisotopic (exact) mass is 247 g/mol. The van der Waals surface area contributed by atoms with Crippen LogP contribution in [0, 0.1) is 11.7 Å². The number of hydrogen-bond acceptors (Lipinski definition) is 5. The van der Waals surface area contributed by atoms with Gasteiger partial charge in [0.15, 0.2) is 0 Å². The Morgan fingerprint density at radius 1 is 1.59 bits per heavy atom. The molecule has 17 heavy (non-hydrogen) atoms. The molecule has 0 fully saturated rings. The molecule has 6 nitrogen and oxygen atoms in total.